The van der Waals surface area contributed by atoms with E-state index in [-0.39, 0.29) is 11.6 Å². The van der Waals surface area contributed by atoms with Gasteiger partial charge in [-0.3, -0.25) is 4.79 Å². The summed E-state index contributed by atoms with van der Waals surface area (Å²) in [6, 6.07) is 16.6. The van der Waals surface area contributed by atoms with Gasteiger partial charge in [-0.2, -0.15) is 5.26 Å². The number of halogens is 1. The monoisotopic (exact) mass is 404 g/mol. The molecule has 29 heavy (non-hydrogen) atoms. The van der Waals surface area contributed by atoms with Gasteiger partial charge in [-0.05, 0) is 47.9 Å². The largest absolute Gasteiger partial charge is 0.361 e. The van der Waals surface area contributed by atoms with Crippen LogP contribution in [0.2, 0.25) is 5.02 Å². The minimum Gasteiger partial charge on any atom is -0.361 e. The Morgan fingerprint density at radius 2 is 2.03 bits per heavy atom. The van der Waals surface area contributed by atoms with Crippen molar-refractivity contribution < 1.29 is 9.32 Å². The fourth-order valence-corrected chi connectivity index (χ4v) is 3.33. The number of nitrogens with zero attached hydrogens (tertiary/aromatic N) is 2. The zero-order valence-corrected chi connectivity index (χ0v) is 16.2. The van der Waals surface area contributed by atoms with Crippen molar-refractivity contribution in [3.05, 3.63) is 87.9 Å². The standard InChI is InChI=1S/C22H17ClN4O2/c23-17-5-6-20-19(10-17)16(13-26-20)7-8-25-22(28)21-11-18(29-27-21)9-14-1-3-15(12-24)4-2-14/h1-6,10-11,13,26H,7-9H2,(H,25,28). The molecule has 6 nitrogen and oxygen atoms in total. The Morgan fingerprint density at radius 1 is 1.21 bits per heavy atom. The normalized spacial score (nSPS) is 10.8. The number of benzene rings is 2. The number of nitrogens with one attached hydrogen (secondary N) is 2. The van der Waals surface area contributed by atoms with Crippen molar-refractivity contribution in [3.63, 3.8) is 0 Å². The van der Waals surface area contributed by atoms with Crippen molar-refractivity contribution in [2.75, 3.05) is 6.54 Å². The number of nitriles is 1. The molecule has 2 aromatic heterocycles. The van der Waals surface area contributed by atoms with Crippen molar-refractivity contribution in [1.29, 1.82) is 5.26 Å². The van der Waals surface area contributed by atoms with Crippen molar-refractivity contribution in [2.24, 2.45) is 0 Å². The lowest BCUT2D eigenvalue weighted by Crippen LogP contribution is -2.25. The van der Waals surface area contributed by atoms with Gasteiger partial charge in [-0.15, -0.1) is 0 Å². The van der Waals surface area contributed by atoms with Crippen LogP contribution >= 0.6 is 11.6 Å². The number of carbonyl (C=O) groups excluding carboxylic acids is 1. The summed E-state index contributed by atoms with van der Waals surface area (Å²) in [5.41, 5.74) is 3.92. The summed E-state index contributed by atoms with van der Waals surface area (Å²) < 4.78 is 5.27. The second-order valence-corrected chi connectivity index (χ2v) is 7.11. The molecular formula is C22H17ClN4O2. The molecule has 1 amide bonds. The Balaban J connectivity index is 1.34. The Labute approximate surface area is 172 Å². The Bertz CT molecular complexity index is 1200. The van der Waals surface area contributed by atoms with Crippen LogP contribution in [0.25, 0.3) is 10.9 Å². The molecule has 0 aliphatic carbocycles. The van der Waals surface area contributed by atoms with Gasteiger partial charge in [0.1, 0.15) is 5.76 Å². The van der Waals surface area contributed by atoms with Gasteiger partial charge in [-0.25, -0.2) is 0 Å². The fraction of sp³-hybridized carbons (Fsp3) is 0.136. The maximum Gasteiger partial charge on any atom is 0.273 e. The van der Waals surface area contributed by atoms with Crippen molar-refractivity contribution in [2.45, 2.75) is 12.8 Å². The highest BCUT2D eigenvalue weighted by Gasteiger charge is 2.13. The molecule has 0 saturated carbocycles. The lowest BCUT2D eigenvalue weighted by molar-refractivity contribution is 0.0945. The van der Waals surface area contributed by atoms with Gasteiger partial charge in [-0.1, -0.05) is 28.9 Å². The van der Waals surface area contributed by atoms with Crippen LogP contribution in [0, 0.1) is 11.3 Å². The topological polar surface area (TPSA) is 94.7 Å². The van der Waals surface area contributed by atoms with Crippen molar-refractivity contribution in [1.82, 2.24) is 15.5 Å². The second-order valence-electron chi connectivity index (χ2n) is 6.67. The Kier molecular flexibility index (Phi) is 5.32. The molecule has 4 rings (SSSR count). The molecule has 2 N–H and O–H groups in total. The van der Waals surface area contributed by atoms with Gasteiger partial charge in [0, 0.05) is 41.2 Å². The molecular weight excluding hydrogens is 388 g/mol. The first kappa shape index (κ1) is 18.8. The van der Waals surface area contributed by atoms with Crippen LogP contribution in [-0.2, 0) is 12.8 Å². The highest BCUT2D eigenvalue weighted by Crippen LogP contribution is 2.22. The zero-order valence-electron chi connectivity index (χ0n) is 15.4. The SMILES string of the molecule is N#Cc1ccc(Cc2cc(C(=O)NCCc3c[nH]c4ccc(Cl)cc34)no2)cc1. The van der Waals surface area contributed by atoms with Gasteiger partial charge < -0.3 is 14.8 Å². The number of carbonyl (C=O) groups is 1. The number of hydrogen-bond acceptors (Lipinski definition) is 4. The molecule has 0 spiro atoms. The Morgan fingerprint density at radius 3 is 2.83 bits per heavy atom. The molecule has 0 bridgehead atoms. The predicted octanol–water partition coefficient (Wildman–Crippen LogP) is 4.24. The van der Waals surface area contributed by atoms with Crippen LogP contribution in [-0.4, -0.2) is 22.6 Å². The maximum atomic E-state index is 12.3. The van der Waals surface area contributed by atoms with E-state index in [1.54, 1.807) is 18.2 Å². The van der Waals surface area contributed by atoms with E-state index < -0.39 is 0 Å². The van der Waals surface area contributed by atoms with Crippen LogP contribution in [0.15, 0.2) is 59.3 Å². The lowest BCUT2D eigenvalue weighted by Gasteiger charge is -2.02. The van der Waals surface area contributed by atoms with E-state index in [1.165, 1.54) is 0 Å². The molecule has 144 valence electrons. The van der Waals surface area contributed by atoms with Gasteiger partial charge >= 0.3 is 0 Å². The van der Waals surface area contributed by atoms with E-state index in [1.807, 2.05) is 36.5 Å². The third-order valence-corrected chi connectivity index (χ3v) is 4.90. The van der Waals surface area contributed by atoms with Gasteiger partial charge in [0.15, 0.2) is 5.69 Å². The van der Waals surface area contributed by atoms with Gasteiger partial charge in [0.05, 0.1) is 11.6 Å². The highest BCUT2D eigenvalue weighted by molar-refractivity contribution is 6.31. The Hall–Kier alpha value is -3.56. The molecule has 0 radical (unpaired) electrons. The number of fused-ring (bicyclic) bond motifs is 1. The van der Waals surface area contributed by atoms with Crippen LogP contribution in [0.4, 0.5) is 0 Å². The van der Waals surface area contributed by atoms with E-state index >= 15 is 0 Å². The van der Waals surface area contributed by atoms with Crippen molar-refractivity contribution in [3.8, 4) is 6.07 Å². The molecule has 0 aliphatic rings. The maximum absolute atomic E-state index is 12.3. The number of rotatable bonds is 6. The number of hydrogen-bond donors (Lipinski definition) is 2. The third kappa shape index (κ3) is 4.31. The van der Waals surface area contributed by atoms with Crippen LogP contribution in [0.5, 0.6) is 0 Å². The molecule has 2 aromatic carbocycles. The molecule has 0 saturated heterocycles. The number of aromatic amines is 1. The van der Waals surface area contributed by atoms with Crippen LogP contribution in [0.1, 0.15) is 32.9 Å². The molecule has 0 unspecified atom stereocenters. The number of amides is 1. The van der Waals surface area contributed by atoms with Crippen LogP contribution < -0.4 is 5.32 Å². The van der Waals surface area contributed by atoms with E-state index in [0.717, 1.165) is 22.0 Å². The quantitative estimate of drug-likeness (QED) is 0.502. The molecule has 0 fully saturated rings. The lowest BCUT2D eigenvalue weighted by atomic mass is 10.1. The van der Waals surface area contributed by atoms with Gasteiger partial charge in [0.25, 0.3) is 5.91 Å². The first-order valence-corrected chi connectivity index (χ1v) is 9.48. The summed E-state index contributed by atoms with van der Waals surface area (Å²) in [6.45, 7) is 0.468. The van der Waals surface area contributed by atoms with Crippen LogP contribution in [0.3, 0.4) is 0 Å². The molecule has 2 heterocycles. The predicted molar refractivity (Wildman–Crippen MR) is 110 cm³/mol. The summed E-state index contributed by atoms with van der Waals surface area (Å²) in [6.07, 6.45) is 3.10. The summed E-state index contributed by atoms with van der Waals surface area (Å²) in [7, 11) is 0. The minimum atomic E-state index is -0.280. The molecule has 7 heteroatoms. The third-order valence-electron chi connectivity index (χ3n) is 4.66. The average molecular weight is 405 g/mol. The fourth-order valence-electron chi connectivity index (χ4n) is 3.16. The molecule has 0 aliphatic heterocycles. The van der Waals surface area contributed by atoms with E-state index in [9.17, 15) is 4.79 Å². The molecule has 0 atom stereocenters. The highest BCUT2D eigenvalue weighted by atomic mass is 35.5. The summed E-state index contributed by atoms with van der Waals surface area (Å²) >= 11 is 6.07. The number of H-pyrrole nitrogens is 1. The zero-order chi connectivity index (χ0) is 20.2. The number of aromatic nitrogens is 2. The average Bonchev–Trinajstić information content (AvgIpc) is 3.36. The first-order valence-electron chi connectivity index (χ1n) is 9.11. The van der Waals surface area contributed by atoms with Crippen molar-refractivity contribution >= 4 is 28.4 Å². The van der Waals surface area contributed by atoms with Gasteiger partial charge in [0.2, 0.25) is 0 Å². The van der Waals surface area contributed by atoms with E-state index in [4.69, 9.17) is 21.4 Å². The van der Waals surface area contributed by atoms with E-state index in [2.05, 4.69) is 21.5 Å². The second kappa shape index (κ2) is 8.21. The summed E-state index contributed by atoms with van der Waals surface area (Å²) in [4.78, 5) is 15.5. The van der Waals surface area contributed by atoms with E-state index in [0.29, 0.717) is 35.7 Å². The minimum absolute atomic E-state index is 0.246. The molecule has 4 aromatic rings. The first-order chi connectivity index (χ1) is 14.1. The summed E-state index contributed by atoms with van der Waals surface area (Å²) in [5.74, 6) is 0.309. The summed E-state index contributed by atoms with van der Waals surface area (Å²) in [5, 5.41) is 17.3. The smallest absolute Gasteiger partial charge is 0.273 e.